The summed E-state index contributed by atoms with van der Waals surface area (Å²) in [7, 11) is 0. The van der Waals surface area contributed by atoms with Crippen LogP contribution in [0.4, 0.5) is 0 Å². The van der Waals surface area contributed by atoms with Crippen LogP contribution in [0.3, 0.4) is 0 Å². The van der Waals surface area contributed by atoms with E-state index in [9.17, 15) is 4.79 Å². The van der Waals surface area contributed by atoms with Gasteiger partial charge in [-0.3, -0.25) is 4.79 Å². The van der Waals surface area contributed by atoms with Crippen LogP contribution in [-0.4, -0.2) is 21.0 Å². The molecule has 4 bridgehead atoms. The molecule has 4 nitrogen and oxygen atoms in total. The lowest BCUT2D eigenvalue weighted by atomic mass is 9.51. The Hall–Kier alpha value is -1.45. The summed E-state index contributed by atoms with van der Waals surface area (Å²) in [5, 5.41) is 8.89. The highest BCUT2D eigenvalue weighted by molar-refractivity contribution is 5.68. The molecule has 0 radical (unpaired) electrons. The van der Waals surface area contributed by atoms with Crippen LogP contribution < -0.4 is 0 Å². The minimum Gasteiger partial charge on any atom is -0.481 e. The van der Waals surface area contributed by atoms with Gasteiger partial charge in [-0.05, 0) is 61.8 Å². The van der Waals surface area contributed by atoms with Gasteiger partial charge in [0.1, 0.15) is 12.2 Å². The molecular formula is C16H20N2O2. The van der Waals surface area contributed by atoms with Crippen molar-refractivity contribution in [2.45, 2.75) is 44.4 Å². The molecular weight excluding hydrogens is 252 g/mol. The van der Waals surface area contributed by atoms with Crippen molar-refractivity contribution in [1.82, 2.24) is 9.97 Å². The van der Waals surface area contributed by atoms with E-state index in [1.807, 2.05) is 6.07 Å². The van der Waals surface area contributed by atoms with Gasteiger partial charge in [-0.1, -0.05) is 0 Å². The SMILES string of the molecule is O=C(O)Cc1nccc(C2C3CC4CC(C3)CC2C4)n1. The summed E-state index contributed by atoms with van der Waals surface area (Å²) < 4.78 is 0. The van der Waals surface area contributed by atoms with E-state index in [0.717, 1.165) is 29.4 Å². The quantitative estimate of drug-likeness (QED) is 0.918. The van der Waals surface area contributed by atoms with Gasteiger partial charge in [0, 0.05) is 17.8 Å². The topological polar surface area (TPSA) is 63.1 Å². The van der Waals surface area contributed by atoms with Crippen molar-refractivity contribution in [3.63, 3.8) is 0 Å². The first kappa shape index (κ1) is 12.3. The molecule has 0 atom stereocenters. The summed E-state index contributed by atoms with van der Waals surface area (Å²) in [5.74, 6) is 3.62. The molecule has 0 saturated heterocycles. The first-order valence-corrected chi connectivity index (χ1v) is 7.72. The summed E-state index contributed by atoms with van der Waals surface area (Å²) >= 11 is 0. The first-order valence-electron chi connectivity index (χ1n) is 7.72. The molecule has 4 heteroatoms. The molecule has 5 rings (SSSR count). The summed E-state index contributed by atoms with van der Waals surface area (Å²) in [5.41, 5.74) is 1.10. The molecule has 1 N–H and O–H groups in total. The second-order valence-electron chi connectivity index (χ2n) is 6.92. The molecule has 1 heterocycles. The average Bonchev–Trinajstić information content (AvgIpc) is 2.37. The van der Waals surface area contributed by atoms with E-state index >= 15 is 0 Å². The van der Waals surface area contributed by atoms with E-state index < -0.39 is 5.97 Å². The van der Waals surface area contributed by atoms with Crippen molar-refractivity contribution >= 4 is 5.97 Å². The maximum Gasteiger partial charge on any atom is 0.311 e. The van der Waals surface area contributed by atoms with Crippen molar-refractivity contribution in [2.75, 3.05) is 0 Å². The number of hydrogen-bond acceptors (Lipinski definition) is 3. The third-order valence-electron chi connectivity index (χ3n) is 5.60. The van der Waals surface area contributed by atoms with Crippen molar-refractivity contribution in [1.29, 1.82) is 0 Å². The molecule has 1 aromatic heterocycles. The molecule has 0 amide bonds. The van der Waals surface area contributed by atoms with Crippen molar-refractivity contribution < 1.29 is 9.90 Å². The highest BCUT2D eigenvalue weighted by Gasteiger charge is 2.49. The predicted molar refractivity (Wildman–Crippen MR) is 73.2 cm³/mol. The Kier molecular flexibility index (Phi) is 2.79. The molecule has 4 aliphatic rings. The summed E-state index contributed by atoms with van der Waals surface area (Å²) in [6.07, 6.45) is 8.55. The third-order valence-corrected chi connectivity index (χ3v) is 5.60. The minimum absolute atomic E-state index is 0.0683. The van der Waals surface area contributed by atoms with Crippen molar-refractivity contribution in [2.24, 2.45) is 23.7 Å². The van der Waals surface area contributed by atoms with Crippen LogP contribution >= 0.6 is 0 Å². The maximum atomic E-state index is 10.8. The molecule has 4 aliphatic carbocycles. The molecule has 1 aromatic rings. The van der Waals surface area contributed by atoms with E-state index in [-0.39, 0.29) is 6.42 Å². The van der Waals surface area contributed by atoms with Gasteiger partial charge in [-0.15, -0.1) is 0 Å². The molecule has 4 saturated carbocycles. The van der Waals surface area contributed by atoms with Gasteiger partial charge >= 0.3 is 5.97 Å². The summed E-state index contributed by atoms with van der Waals surface area (Å²) in [6.45, 7) is 0. The van der Waals surface area contributed by atoms with E-state index in [0.29, 0.717) is 11.7 Å². The van der Waals surface area contributed by atoms with Gasteiger partial charge in [-0.25, -0.2) is 9.97 Å². The highest BCUT2D eigenvalue weighted by atomic mass is 16.4. The predicted octanol–water partition coefficient (Wildman–Crippen LogP) is 2.64. The number of carbonyl (C=O) groups is 1. The van der Waals surface area contributed by atoms with Crippen LogP contribution in [0.1, 0.15) is 49.5 Å². The zero-order chi connectivity index (χ0) is 13.7. The number of nitrogens with zero attached hydrogens (tertiary/aromatic N) is 2. The number of aliphatic carboxylic acids is 1. The zero-order valence-corrected chi connectivity index (χ0v) is 11.5. The second kappa shape index (κ2) is 4.54. The number of hydrogen-bond donors (Lipinski definition) is 1. The van der Waals surface area contributed by atoms with Crippen LogP contribution in [0.2, 0.25) is 0 Å². The van der Waals surface area contributed by atoms with Crippen molar-refractivity contribution in [3.05, 3.63) is 23.8 Å². The monoisotopic (exact) mass is 272 g/mol. The smallest absolute Gasteiger partial charge is 0.311 e. The van der Waals surface area contributed by atoms with Crippen LogP contribution in [0.15, 0.2) is 12.3 Å². The molecule has 0 unspecified atom stereocenters. The zero-order valence-electron chi connectivity index (χ0n) is 11.5. The maximum absolute atomic E-state index is 10.8. The van der Waals surface area contributed by atoms with Gasteiger partial charge in [-0.2, -0.15) is 0 Å². The summed E-state index contributed by atoms with van der Waals surface area (Å²) in [6, 6.07) is 2.01. The van der Waals surface area contributed by atoms with Crippen molar-refractivity contribution in [3.8, 4) is 0 Å². The number of carboxylic acids is 1. The molecule has 20 heavy (non-hydrogen) atoms. The fourth-order valence-corrected chi connectivity index (χ4v) is 5.23. The molecule has 106 valence electrons. The number of aromatic nitrogens is 2. The van der Waals surface area contributed by atoms with E-state index in [1.165, 1.54) is 32.1 Å². The van der Waals surface area contributed by atoms with Gasteiger partial charge in [0.05, 0.1) is 0 Å². The number of carboxylic acid groups (broad SMARTS) is 1. The Bertz CT molecular complexity index is 515. The van der Waals surface area contributed by atoms with E-state index in [1.54, 1.807) is 6.20 Å². The van der Waals surface area contributed by atoms with E-state index in [4.69, 9.17) is 5.11 Å². The molecule has 4 fully saturated rings. The van der Waals surface area contributed by atoms with Crippen LogP contribution in [0, 0.1) is 23.7 Å². The average molecular weight is 272 g/mol. The fourth-order valence-electron chi connectivity index (χ4n) is 5.23. The Morgan fingerprint density at radius 2 is 1.80 bits per heavy atom. The molecule has 0 aromatic carbocycles. The van der Waals surface area contributed by atoms with Gasteiger partial charge in [0.25, 0.3) is 0 Å². The van der Waals surface area contributed by atoms with E-state index in [2.05, 4.69) is 9.97 Å². The van der Waals surface area contributed by atoms with Crippen LogP contribution in [0.25, 0.3) is 0 Å². The lowest BCUT2D eigenvalue weighted by Crippen LogP contribution is -2.44. The second-order valence-corrected chi connectivity index (χ2v) is 6.92. The lowest BCUT2D eigenvalue weighted by molar-refractivity contribution is -0.136. The van der Waals surface area contributed by atoms with Crippen LogP contribution in [0.5, 0.6) is 0 Å². The van der Waals surface area contributed by atoms with Gasteiger partial charge in [0.2, 0.25) is 0 Å². The fraction of sp³-hybridized carbons (Fsp3) is 0.688. The van der Waals surface area contributed by atoms with Gasteiger partial charge in [0.15, 0.2) is 0 Å². The Morgan fingerprint density at radius 3 is 2.40 bits per heavy atom. The Balaban J connectivity index is 1.62. The molecule has 0 aliphatic heterocycles. The first-order chi connectivity index (χ1) is 9.69. The van der Waals surface area contributed by atoms with Gasteiger partial charge < -0.3 is 5.11 Å². The summed E-state index contributed by atoms with van der Waals surface area (Å²) in [4.78, 5) is 19.5. The standard InChI is InChI=1S/C16H20N2O2/c19-15(20)8-14-17-2-1-13(18-14)16-11-4-9-3-10(6-11)7-12(16)5-9/h1-2,9-12,16H,3-8H2,(H,19,20). The lowest BCUT2D eigenvalue weighted by Gasteiger charge is -2.54. The Labute approximate surface area is 118 Å². The minimum atomic E-state index is -0.854. The van der Waals surface area contributed by atoms with Crippen LogP contribution in [-0.2, 0) is 11.2 Å². The Morgan fingerprint density at radius 1 is 1.15 bits per heavy atom. The highest BCUT2D eigenvalue weighted by Crippen LogP contribution is 2.59. The third kappa shape index (κ3) is 2.02. The largest absolute Gasteiger partial charge is 0.481 e. The number of rotatable bonds is 3. The molecule has 0 spiro atoms. The normalized spacial score (nSPS) is 38.1.